The number of hydrogen-bond donors (Lipinski definition) is 1. The van der Waals surface area contributed by atoms with E-state index in [9.17, 15) is 4.79 Å². The van der Waals surface area contributed by atoms with E-state index >= 15 is 0 Å². The molecule has 0 radical (unpaired) electrons. The summed E-state index contributed by atoms with van der Waals surface area (Å²) in [5.41, 5.74) is 2.53. The number of nitrogens with zero attached hydrogens (tertiary/aromatic N) is 2. The van der Waals surface area contributed by atoms with E-state index in [1.165, 1.54) is 11.3 Å². The predicted molar refractivity (Wildman–Crippen MR) is 82.8 cm³/mol. The van der Waals surface area contributed by atoms with Crippen LogP contribution in [0.15, 0.2) is 36.9 Å². The fourth-order valence-electron chi connectivity index (χ4n) is 2.53. The quantitative estimate of drug-likeness (QED) is 0.847. The lowest BCUT2D eigenvalue weighted by atomic mass is 10.1. The van der Waals surface area contributed by atoms with Crippen molar-refractivity contribution in [2.45, 2.75) is 19.5 Å². The summed E-state index contributed by atoms with van der Waals surface area (Å²) in [4.78, 5) is 16.6. The van der Waals surface area contributed by atoms with Crippen LogP contribution >= 0.6 is 0 Å². The molecule has 0 saturated heterocycles. The first-order valence-electron chi connectivity index (χ1n) is 7.05. The lowest BCUT2D eigenvalue weighted by Crippen LogP contribution is -2.46. The highest BCUT2D eigenvalue weighted by molar-refractivity contribution is 5.81. The molecule has 2 rings (SSSR count). The molecule has 4 heteroatoms. The Morgan fingerprint density at radius 2 is 2.20 bits per heavy atom. The second kappa shape index (κ2) is 6.57. The van der Waals surface area contributed by atoms with E-state index in [4.69, 9.17) is 0 Å². The third-order valence-electron chi connectivity index (χ3n) is 3.85. The topological polar surface area (TPSA) is 35.6 Å². The first-order chi connectivity index (χ1) is 9.63. The highest BCUT2D eigenvalue weighted by atomic mass is 16.2. The third-order valence-corrected chi connectivity index (χ3v) is 3.85. The second-order valence-electron chi connectivity index (χ2n) is 5.23. The maximum Gasteiger partial charge on any atom is 0.237 e. The zero-order chi connectivity index (χ0) is 14.5. The van der Waals surface area contributed by atoms with Gasteiger partial charge in [-0.2, -0.15) is 0 Å². The number of nitrogens with one attached hydrogen (secondary N) is 1. The molecular formula is C16H23N3O. The first kappa shape index (κ1) is 14.6. The van der Waals surface area contributed by atoms with E-state index in [-0.39, 0.29) is 11.9 Å². The normalized spacial score (nSPS) is 17.0. The summed E-state index contributed by atoms with van der Waals surface area (Å²) in [6, 6.07) is 8.26. The summed E-state index contributed by atoms with van der Waals surface area (Å²) < 4.78 is 0. The number of hydrogen-bond acceptors (Lipinski definition) is 3. The minimum atomic E-state index is -0.130. The Bertz CT molecular complexity index is 486. The number of fused-ring (bicyclic) bond motifs is 1. The average molecular weight is 273 g/mol. The molecule has 0 fully saturated rings. The van der Waals surface area contributed by atoms with Gasteiger partial charge in [0.1, 0.15) is 0 Å². The molecule has 1 heterocycles. The summed E-state index contributed by atoms with van der Waals surface area (Å²) in [5.74, 6) is 0.0620. The van der Waals surface area contributed by atoms with Gasteiger partial charge in [-0.15, -0.1) is 6.58 Å². The molecular weight excluding hydrogens is 250 g/mol. The fraction of sp³-hybridized carbons (Fsp3) is 0.438. The van der Waals surface area contributed by atoms with Crippen LogP contribution in [-0.2, 0) is 11.3 Å². The van der Waals surface area contributed by atoms with Gasteiger partial charge in [0, 0.05) is 38.9 Å². The van der Waals surface area contributed by atoms with Gasteiger partial charge in [-0.3, -0.25) is 9.69 Å². The largest absolute Gasteiger partial charge is 0.373 e. The van der Waals surface area contributed by atoms with Gasteiger partial charge < -0.3 is 10.2 Å². The SMILES string of the molecule is C=CCNC(=O)[C@H](C)N1CCN(C)c2ccccc2C1. The van der Waals surface area contributed by atoms with Crippen LogP contribution in [0.2, 0.25) is 0 Å². The summed E-state index contributed by atoms with van der Waals surface area (Å²) >= 11 is 0. The summed E-state index contributed by atoms with van der Waals surface area (Å²) in [6.45, 7) is 8.73. The van der Waals surface area contributed by atoms with Gasteiger partial charge in [-0.25, -0.2) is 0 Å². The summed E-state index contributed by atoms with van der Waals surface area (Å²) in [5, 5.41) is 2.87. The molecule has 0 saturated carbocycles. The zero-order valence-electron chi connectivity index (χ0n) is 12.3. The van der Waals surface area contributed by atoms with Gasteiger partial charge >= 0.3 is 0 Å². The van der Waals surface area contributed by atoms with Crippen LogP contribution < -0.4 is 10.2 Å². The van der Waals surface area contributed by atoms with Crippen molar-refractivity contribution in [3.63, 3.8) is 0 Å². The number of carbonyl (C=O) groups is 1. The van der Waals surface area contributed by atoms with Crippen LogP contribution in [-0.4, -0.2) is 43.5 Å². The average Bonchev–Trinajstić information content (AvgIpc) is 2.64. The molecule has 1 atom stereocenters. The van der Waals surface area contributed by atoms with Crippen LogP contribution in [0, 0.1) is 0 Å². The molecule has 1 aliphatic heterocycles. The molecule has 4 nitrogen and oxygen atoms in total. The first-order valence-corrected chi connectivity index (χ1v) is 7.05. The van der Waals surface area contributed by atoms with Gasteiger partial charge in [0.25, 0.3) is 0 Å². The van der Waals surface area contributed by atoms with Gasteiger partial charge in [-0.05, 0) is 18.6 Å². The van der Waals surface area contributed by atoms with Crippen LogP contribution in [0.3, 0.4) is 0 Å². The van der Waals surface area contributed by atoms with Gasteiger partial charge in [0.05, 0.1) is 6.04 Å². The molecule has 0 aromatic heterocycles. The van der Waals surface area contributed by atoms with E-state index in [0.29, 0.717) is 6.54 Å². The van der Waals surface area contributed by atoms with Crippen LogP contribution in [0.1, 0.15) is 12.5 Å². The molecule has 0 aliphatic carbocycles. The predicted octanol–water partition coefficient (Wildman–Crippen LogP) is 1.63. The van der Waals surface area contributed by atoms with Crippen molar-refractivity contribution in [2.24, 2.45) is 0 Å². The number of likely N-dealkylation sites (N-methyl/N-ethyl adjacent to an activating group) is 1. The van der Waals surface area contributed by atoms with Crippen molar-refractivity contribution in [2.75, 3.05) is 31.6 Å². The Kier molecular flexibility index (Phi) is 4.79. The third kappa shape index (κ3) is 3.20. The summed E-state index contributed by atoms with van der Waals surface area (Å²) in [7, 11) is 2.10. The molecule has 108 valence electrons. The number of rotatable bonds is 4. The standard InChI is InChI=1S/C16H23N3O/c1-4-9-17-16(20)13(2)19-11-10-18(3)15-8-6-5-7-14(15)12-19/h4-8,13H,1,9-12H2,2-3H3,(H,17,20)/t13-/m0/s1. The van der Waals surface area contributed by atoms with Gasteiger partial charge in [-0.1, -0.05) is 24.3 Å². The van der Waals surface area contributed by atoms with Gasteiger partial charge in [0.15, 0.2) is 0 Å². The van der Waals surface area contributed by atoms with E-state index in [0.717, 1.165) is 19.6 Å². The number of carbonyl (C=O) groups excluding carboxylic acids is 1. The Labute approximate surface area is 121 Å². The minimum absolute atomic E-state index is 0.0620. The van der Waals surface area contributed by atoms with Crippen molar-refractivity contribution in [1.82, 2.24) is 10.2 Å². The van der Waals surface area contributed by atoms with E-state index in [2.05, 4.69) is 53.0 Å². The van der Waals surface area contributed by atoms with Crippen molar-refractivity contribution in [3.05, 3.63) is 42.5 Å². The Balaban J connectivity index is 2.11. The van der Waals surface area contributed by atoms with Crippen molar-refractivity contribution >= 4 is 11.6 Å². The summed E-state index contributed by atoms with van der Waals surface area (Å²) in [6.07, 6.45) is 1.70. The molecule has 0 bridgehead atoms. The highest BCUT2D eigenvalue weighted by Crippen LogP contribution is 2.24. The molecule has 20 heavy (non-hydrogen) atoms. The molecule has 1 aromatic rings. The number of benzene rings is 1. The van der Waals surface area contributed by atoms with Crippen molar-refractivity contribution < 1.29 is 4.79 Å². The van der Waals surface area contributed by atoms with E-state index in [1.807, 2.05) is 6.92 Å². The highest BCUT2D eigenvalue weighted by Gasteiger charge is 2.24. The zero-order valence-corrected chi connectivity index (χ0v) is 12.3. The lowest BCUT2D eigenvalue weighted by Gasteiger charge is -2.26. The Hall–Kier alpha value is -1.81. The Morgan fingerprint density at radius 1 is 1.45 bits per heavy atom. The number of para-hydroxylation sites is 1. The Morgan fingerprint density at radius 3 is 2.95 bits per heavy atom. The smallest absolute Gasteiger partial charge is 0.237 e. The maximum absolute atomic E-state index is 12.1. The number of amides is 1. The monoisotopic (exact) mass is 273 g/mol. The molecule has 0 spiro atoms. The molecule has 1 N–H and O–H groups in total. The number of anilines is 1. The van der Waals surface area contributed by atoms with Crippen molar-refractivity contribution in [3.8, 4) is 0 Å². The fourth-order valence-corrected chi connectivity index (χ4v) is 2.53. The maximum atomic E-state index is 12.1. The van der Waals surface area contributed by atoms with Crippen LogP contribution in [0.25, 0.3) is 0 Å². The lowest BCUT2D eigenvalue weighted by molar-refractivity contribution is -0.125. The van der Waals surface area contributed by atoms with E-state index < -0.39 is 0 Å². The van der Waals surface area contributed by atoms with Crippen molar-refractivity contribution in [1.29, 1.82) is 0 Å². The molecule has 1 aliphatic rings. The van der Waals surface area contributed by atoms with E-state index in [1.54, 1.807) is 6.08 Å². The molecule has 1 aromatic carbocycles. The van der Waals surface area contributed by atoms with Gasteiger partial charge in [0.2, 0.25) is 5.91 Å². The molecule has 0 unspecified atom stereocenters. The second-order valence-corrected chi connectivity index (χ2v) is 5.23. The minimum Gasteiger partial charge on any atom is -0.373 e. The molecule has 1 amide bonds. The van der Waals surface area contributed by atoms with Crippen LogP contribution in [0.5, 0.6) is 0 Å². The van der Waals surface area contributed by atoms with Crippen LogP contribution in [0.4, 0.5) is 5.69 Å².